The number of fused-ring (bicyclic) bond motifs is 1. The number of nitrogens with zero attached hydrogens (tertiary/aromatic N) is 2. The minimum Gasteiger partial charge on any atom is -0.496 e. The van der Waals surface area contributed by atoms with Gasteiger partial charge in [-0.2, -0.15) is 0 Å². The van der Waals surface area contributed by atoms with E-state index in [1.807, 2.05) is 0 Å². The van der Waals surface area contributed by atoms with E-state index in [1.54, 1.807) is 42.5 Å². The van der Waals surface area contributed by atoms with Crippen LogP contribution < -0.4 is 9.64 Å². The Balaban J connectivity index is 1.64. The molecular formula is C24H12Br2Cl4N2O4. The number of benzene rings is 3. The van der Waals surface area contributed by atoms with Crippen LogP contribution in [0.2, 0.25) is 20.1 Å². The molecule has 12 heteroatoms. The lowest BCUT2D eigenvalue weighted by Crippen LogP contribution is -2.67. The zero-order valence-electron chi connectivity index (χ0n) is 18.0. The van der Waals surface area contributed by atoms with Crippen LogP contribution in [0.3, 0.4) is 0 Å². The molecule has 1 saturated heterocycles. The molecule has 3 amide bonds. The highest BCUT2D eigenvalue weighted by molar-refractivity contribution is 9.10. The maximum atomic E-state index is 13.6. The molecule has 0 N–H and O–H groups in total. The molecular weight excluding hydrogens is 682 g/mol. The molecule has 0 unspecified atom stereocenters. The minimum absolute atomic E-state index is 0.142. The molecule has 184 valence electrons. The number of β-lactam (4-membered cyclic amide) rings is 1. The van der Waals surface area contributed by atoms with Gasteiger partial charge in [-0.25, -0.2) is 0 Å². The summed E-state index contributed by atoms with van der Waals surface area (Å²) in [6.07, 6.45) is 0. The lowest BCUT2D eigenvalue weighted by atomic mass is 9.86. The predicted molar refractivity (Wildman–Crippen MR) is 146 cm³/mol. The highest BCUT2D eigenvalue weighted by Gasteiger charge is 2.58. The molecule has 2 aliphatic heterocycles. The van der Waals surface area contributed by atoms with Crippen molar-refractivity contribution in [3.63, 3.8) is 0 Å². The second-order valence-corrected chi connectivity index (χ2v) is 11.2. The Morgan fingerprint density at radius 1 is 0.750 bits per heavy atom. The van der Waals surface area contributed by atoms with Gasteiger partial charge in [-0.3, -0.25) is 19.3 Å². The highest BCUT2D eigenvalue weighted by atomic mass is 79.9. The summed E-state index contributed by atoms with van der Waals surface area (Å²) in [5.41, 5.74) is 0.909. The fourth-order valence-electron chi connectivity index (χ4n) is 4.43. The quantitative estimate of drug-likeness (QED) is 0.122. The zero-order valence-corrected chi connectivity index (χ0v) is 24.2. The van der Waals surface area contributed by atoms with Gasteiger partial charge in [0.25, 0.3) is 17.7 Å². The maximum absolute atomic E-state index is 13.6. The summed E-state index contributed by atoms with van der Waals surface area (Å²) in [7, 11) is 1.53. The van der Waals surface area contributed by atoms with Gasteiger partial charge in [0.1, 0.15) is 11.8 Å². The summed E-state index contributed by atoms with van der Waals surface area (Å²) in [6, 6.07) is 10.5. The standard InChI is InChI=1S/C24H12Br2Cl4N2O4/c1-36-13-7-2-9(8-12(13)26)20-21(24(35)31(20)11-5-3-10(25)4-6-11)32-22(33)14-15(23(32)34)17(28)19(30)18(29)16(14)27/h2-8,20-21H,1H3/t20-,21-/m0/s1. The van der Waals surface area contributed by atoms with E-state index in [9.17, 15) is 14.4 Å². The van der Waals surface area contributed by atoms with E-state index >= 15 is 0 Å². The third kappa shape index (κ3) is 3.77. The van der Waals surface area contributed by atoms with Crippen LogP contribution in [-0.2, 0) is 4.79 Å². The van der Waals surface area contributed by atoms with Crippen LogP contribution in [0.25, 0.3) is 0 Å². The average Bonchev–Trinajstić information content (AvgIpc) is 3.11. The van der Waals surface area contributed by atoms with Crippen LogP contribution >= 0.6 is 78.3 Å². The van der Waals surface area contributed by atoms with Crippen molar-refractivity contribution < 1.29 is 19.1 Å². The summed E-state index contributed by atoms with van der Waals surface area (Å²) in [4.78, 5) is 43.0. The number of rotatable bonds is 4. The number of methoxy groups -OCH3 is 1. The fraction of sp³-hybridized carbons (Fsp3) is 0.125. The van der Waals surface area contributed by atoms with Gasteiger partial charge >= 0.3 is 0 Å². The van der Waals surface area contributed by atoms with Crippen molar-refractivity contribution in [2.24, 2.45) is 0 Å². The van der Waals surface area contributed by atoms with Crippen LogP contribution in [0.5, 0.6) is 5.75 Å². The second-order valence-electron chi connectivity index (χ2n) is 7.95. The number of amides is 3. The topological polar surface area (TPSA) is 66.9 Å². The van der Waals surface area contributed by atoms with Gasteiger partial charge in [0, 0.05) is 10.2 Å². The van der Waals surface area contributed by atoms with E-state index < -0.39 is 29.8 Å². The number of halogens is 6. The number of anilines is 1. The highest BCUT2D eigenvalue weighted by Crippen LogP contribution is 2.49. The summed E-state index contributed by atoms with van der Waals surface area (Å²) >= 11 is 31.7. The zero-order chi connectivity index (χ0) is 26.0. The Bertz CT molecular complexity index is 1440. The van der Waals surface area contributed by atoms with Crippen molar-refractivity contribution in [3.8, 4) is 5.75 Å². The number of carbonyl (C=O) groups excluding carboxylic acids is 3. The van der Waals surface area contributed by atoms with Crippen molar-refractivity contribution in [1.29, 1.82) is 0 Å². The molecule has 0 aliphatic carbocycles. The molecule has 2 atom stereocenters. The van der Waals surface area contributed by atoms with E-state index in [2.05, 4.69) is 31.9 Å². The lowest BCUT2D eigenvalue weighted by molar-refractivity contribution is -0.130. The summed E-state index contributed by atoms with van der Waals surface area (Å²) in [5, 5.41) is -0.668. The van der Waals surface area contributed by atoms with E-state index in [1.165, 1.54) is 12.0 Å². The smallest absolute Gasteiger partial charge is 0.264 e. The van der Waals surface area contributed by atoms with Gasteiger partial charge in [-0.05, 0) is 57.9 Å². The Morgan fingerprint density at radius 3 is 1.81 bits per heavy atom. The lowest BCUT2D eigenvalue weighted by Gasteiger charge is -2.49. The molecule has 0 spiro atoms. The van der Waals surface area contributed by atoms with E-state index in [0.29, 0.717) is 21.5 Å². The average molecular weight is 694 g/mol. The third-order valence-electron chi connectivity index (χ3n) is 6.10. The SMILES string of the molecule is COc1ccc([C@H]2[C@H](N3C(=O)c4c(Cl)c(Cl)c(Cl)c(Cl)c4C3=O)C(=O)N2c2ccc(Br)cc2)cc1Br. The molecule has 2 aliphatic rings. The number of ether oxygens (including phenoxy) is 1. The van der Waals surface area contributed by atoms with E-state index in [-0.39, 0.29) is 31.2 Å². The molecule has 0 radical (unpaired) electrons. The molecule has 36 heavy (non-hydrogen) atoms. The molecule has 3 aromatic rings. The molecule has 0 bridgehead atoms. The van der Waals surface area contributed by atoms with Crippen LogP contribution in [0.1, 0.15) is 32.3 Å². The normalized spacial score (nSPS) is 19.0. The van der Waals surface area contributed by atoms with E-state index in [0.717, 1.165) is 9.37 Å². The van der Waals surface area contributed by atoms with Gasteiger partial charge in [0.05, 0.1) is 48.8 Å². The molecule has 3 aromatic carbocycles. The van der Waals surface area contributed by atoms with E-state index in [4.69, 9.17) is 51.1 Å². The molecule has 1 fully saturated rings. The summed E-state index contributed by atoms with van der Waals surface area (Å²) in [6.45, 7) is 0. The maximum Gasteiger partial charge on any atom is 0.264 e. The van der Waals surface area contributed by atoms with Crippen molar-refractivity contribution in [2.75, 3.05) is 12.0 Å². The molecule has 5 rings (SSSR count). The predicted octanol–water partition coefficient (Wildman–Crippen LogP) is 7.59. The number of hydrogen-bond acceptors (Lipinski definition) is 4. The Morgan fingerprint density at radius 2 is 1.31 bits per heavy atom. The second kappa shape index (κ2) is 9.49. The number of hydrogen-bond donors (Lipinski definition) is 0. The first-order valence-electron chi connectivity index (χ1n) is 10.2. The van der Waals surface area contributed by atoms with Crippen molar-refractivity contribution >= 4 is 102 Å². The largest absolute Gasteiger partial charge is 0.496 e. The van der Waals surface area contributed by atoms with Gasteiger partial charge in [0.2, 0.25) is 0 Å². The van der Waals surface area contributed by atoms with Crippen LogP contribution in [0.15, 0.2) is 51.4 Å². The molecule has 0 saturated carbocycles. The first-order valence-corrected chi connectivity index (χ1v) is 13.3. The van der Waals surface area contributed by atoms with Gasteiger partial charge in [0.15, 0.2) is 0 Å². The minimum atomic E-state index is -1.16. The Hall–Kier alpha value is -1.81. The fourth-order valence-corrected chi connectivity index (χ4v) is 6.27. The number of carbonyl (C=O) groups is 3. The van der Waals surface area contributed by atoms with Gasteiger partial charge in [-0.15, -0.1) is 0 Å². The Labute approximate surface area is 242 Å². The van der Waals surface area contributed by atoms with Crippen molar-refractivity contribution in [2.45, 2.75) is 12.1 Å². The molecule has 0 aromatic heterocycles. The van der Waals surface area contributed by atoms with Crippen LogP contribution in [-0.4, -0.2) is 35.8 Å². The molecule has 6 nitrogen and oxygen atoms in total. The van der Waals surface area contributed by atoms with Gasteiger partial charge in [-0.1, -0.05) is 68.4 Å². The van der Waals surface area contributed by atoms with Crippen LogP contribution in [0, 0.1) is 0 Å². The monoisotopic (exact) mass is 690 g/mol. The van der Waals surface area contributed by atoms with Gasteiger partial charge < -0.3 is 9.64 Å². The summed E-state index contributed by atoms with van der Waals surface area (Å²) < 4.78 is 6.80. The first kappa shape index (κ1) is 25.8. The third-order valence-corrected chi connectivity index (χ3v) is 9.05. The van der Waals surface area contributed by atoms with Crippen molar-refractivity contribution in [1.82, 2.24) is 4.90 Å². The summed E-state index contributed by atoms with van der Waals surface area (Å²) in [5.74, 6) is -1.41. The molecule has 2 heterocycles. The number of imide groups is 1. The van der Waals surface area contributed by atoms with Crippen LogP contribution in [0.4, 0.5) is 5.69 Å². The first-order chi connectivity index (χ1) is 17.1. The Kier molecular flexibility index (Phi) is 6.81. The van der Waals surface area contributed by atoms with Crippen molar-refractivity contribution in [3.05, 3.63) is 88.2 Å².